The first kappa shape index (κ1) is 21.5. The Hall–Kier alpha value is -3.38. The minimum Gasteiger partial charge on any atom is -0.497 e. The predicted octanol–water partition coefficient (Wildman–Crippen LogP) is 5.65. The van der Waals surface area contributed by atoms with Gasteiger partial charge in [0.05, 0.1) is 18.5 Å². The molecule has 5 rings (SSSR count). The van der Waals surface area contributed by atoms with Crippen molar-refractivity contribution in [3.05, 3.63) is 77.2 Å². The summed E-state index contributed by atoms with van der Waals surface area (Å²) in [5.74, 6) is 1.45. The van der Waals surface area contributed by atoms with E-state index in [-0.39, 0.29) is 5.91 Å². The van der Waals surface area contributed by atoms with Crippen LogP contribution in [-0.2, 0) is 6.42 Å². The lowest BCUT2D eigenvalue weighted by Crippen LogP contribution is -2.38. The van der Waals surface area contributed by atoms with Crippen molar-refractivity contribution in [3.8, 4) is 17.0 Å². The minimum atomic E-state index is 0.0275. The van der Waals surface area contributed by atoms with Crippen LogP contribution >= 0.6 is 11.3 Å². The largest absolute Gasteiger partial charge is 0.497 e. The molecule has 1 aliphatic heterocycles. The van der Waals surface area contributed by atoms with Crippen molar-refractivity contribution >= 4 is 33.1 Å². The Morgan fingerprint density at radius 3 is 2.48 bits per heavy atom. The highest BCUT2D eigenvalue weighted by molar-refractivity contribution is 7.21. The fraction of sp³-hybridized carbons (Fsp3) is 0.259. The molecule has 1 amide bonds. The van der Waals surface area contributed by atoms with Gasteiger partial charge in [0.15, 0.2) is 0 Å². The van der Waals surface area contributed by atoms with Gasteiger partial charge in [-0.1, -0.05) is 30.3 Å². The number of hydrogen-bond acceptors (Lipinski definition) is 5. The average Bonchev–Trinajstić information content (AvgIpc) is 3.20. The van der Waals surface area contributed by atoms with Crippen LogP contribution in [0.5, 0.6) is 5.75 Å². The molecular formula is C27H27N3O2S. The summed E-state index contributed by atoms with van der Waals surface area (Å²) in [6.45, 7) is 1.54. The summed E-state index contributed by atoms with van der Waals surface area (Å²) in [4.78, 5) is 21.4. The third kappa shape index (κ3) is 4.44. The molecule has 0 spiro atoms. The van der Waals surface area contributed by atoms with E-state index in [1.165, 1.54) is 16.9 Å². The molecule has 4 aromatic rings. The van der Waals surface area contributed by atoms with Gasteiger partial charge in [-0.25, -0.2) is 4.98 Å². The van der Waals surface area contributed by atoms with Crippen molar-refractivity contribution in [1.82, 2.24) is 9.88 Å². The maximum Gasteiger partial charge on any atom is 0.266 e. The van der Waals surface area contributed by atoms with E-state index in [0.717, 1.165) is 59.6 Å². The highest BCUT2D eigenvalue weighted by Gasteiger charge is 2.27. The van der Waals surface area contributed by atoms with Gasteiger partial charge in [0.1, 0.15) is 15.5 Å². The first-order valence-electron chi connectivity index (χ1n) is 11.3. The number of anilines is 1. The van der Waals surface area contributed by atoms with E-state index in [1.807, 2.05) is 41.3 Å². The standard InChI is InChI=1S/C27H27N3O2S/c1-32-21-9-7-20(8-10-21)23-12-11-22-24(28)25(33-26(22)29-23)27(31)30-15-13-19(14-16-30)17-18-5-3-2-4-6-18/h2-12,19H,13-17,28H2,1H3. The average molecular weight is 458 g/mol. The number of methoxy groups -OCH3 is 1. The topological polar surface area (TPSA) is 68.5 Å². The second-order valence-corrected chi connectivity index (χ2v) is 9.55. The maximum atomic E-state index is 13.3. The minimum absolute atomic E-state index is 0.0275. The van der Waals surface area contributed by atoms with Gasteiger partial charge in [0.2, 0.25) is 0 Å². The number of benzene rings is 2. The molecule has 0 atom stereocenters. The Balaban J connectivity index is 1.31. The number of aromatic nitrogens is 1. The smallest absolute Gasteiger partial charge is 0.266 e. The molecule has 0 bridgehead atoms. The Bertz CT molecular complexity index is 1260. The number of nitrogens with zero attached hydrogens (tertiary/aromatic N) is 2. The first-order chi connectivity index (χ1) is 16.1. The molecule has 1 aliphatic rings. The van der Waals surface area contributed by atoms with Gasteiger partial charge in [-0.3, -0.25) is 4.79 Å². The molecule has 2 aromatic heterocycles. The molecule has 0 unspecified atom stereocenters. The van der Waals surface area contributed by atoms with Gasteiger partial charge in [0.25, 0.3) is 5.91 Å². The number of carbonyl (C=O) groups is 1. The monoisotopic (exact) mass is 457 g/mol. The van der Waals surface area contributed by atoms with Gasteiger partial charge >= 0.3 is 0 Å². The molecule has 5 nitrogen and oxygen atoms in total. The molecule has 2 aromatic carbocycles. The van der Waals surface area contributed by atoms with E-state index in [0.29, 0.717) is 16.5 Å². The summed E-state index contributed by atoms with van der Waals surface area (Å²) in [6, 6.07) is 22.3. The van der Waals surface area contributed by atoms with Crippen LogP contribution in [0.3, 0.4) is 0 Å². The Kier molecular flexibility index (Phi) is 6.01. The lowest BCUT2D eigenvalue weighted by atomic mass is 9.90. The zero-order valence-electron chi connectivity index (χ0n) is 18.7. The van der Waals surface area contributed by atoms with Crippen LogP contribution in [0.2, 0.25) is 0 Å². The normalized spacial score (nSPS) is 14.5. The third-order valence-corrected chi connectivity index (χ3v) is 7.55. The van der Waals surface area contributed by atoms with Crippen molar-refractivity contribution in [1.29, 1.82) is 0 Å². The number of ether oxygens (including phenoxy) is 1. The third-order valence-electron chi connectivity index (χ3n) is 6.44. The highest BCUT2D eigenvalue weighted by atomic mass is 32.1. The molecule has 0 aliphatic carbocycles. The van der Waals surface area contributed by atoms with Crippen molar-refractivity contribution < 1.29 is 9.53 Å². The van der Waals surface area contributed by atoms with Crippen molar-refractivity contribution in [3.63, 3.8) is 0 Å². The number of likely N-dealkylation sites (tertiary alicyclic amines) is 1. The molecule has 6 heteroatoms. The lowest BCUT2D eigenvalue weighted by molar-refractivity contribution is 0.0696. The number of carbonyl (C=O) groups excluding carboxylic acids is 1. The van der Waals surface area contributed by atoms with E-state index in [4.69, 9.17) is 15.5 Å². The molecule has 33 heavy (non-hydrogen) atoms. The molecule has 0 saturated carbocycles. The molecule has 2 N–H and O–H groups in total. The van der Waals surface area contributed by atoms with Gasteiger partial charge in [0, 0.05) is 24.0 Å². The zero-order chi connectivity index (χ0) is 22.8. The summed E-state index contributed by atoms with van der Waals surface area (Å²) in [5, 5.41) is 0.847. The fourth-order valence-electron chi connectivity index (χ4n) is 4.51. The maximum absolute atomic E-state index is 13.3. The number of piperidine rings is 1. The van der Waals surface area contributed by atoms with Crippen LogP contribution in [0.1, 0.15) is 28.1 Å². The summed E-state index contributed by atoms with van der Waals surface area (Å²) in [6.07, 6.45) is 3.11. The van der Waals surface area contributed by atoms with E-state index in [2.05, 4.69) is 30.3 Å². The van der Waals surface area contributed by atoms with Crippen LogP contribution in [0.15, 0.2) is 66.7 Å². The highest BCUT2D eigenvalue weighted by Crippen LogP contribution is 2.36. The lowest BCUT2D eigenvalue weighted by Gasteiger charge is -2.32. The number of rotatable bonds is 5. The number of thiophene rings is 1. The first-order valence-corrected chi connectivity index (χ1v) is 12.1. The number of hydrogen-bond donors (Lipinski definition) is 1. The molecule has 0 radical (unpaired) electrons. The van der Waals surface area contributed by atoms with Gasteiger partial charge in [-0.15, -0.1) is 11.3 Å². The van der Waals surface area contributed by atoms with Gasteiger partial charge in [-0.2, -0.15) is 0 Å². The molecule has 1 saturated heterocycles. The number of nitrogens with two attached hydrogens (primary N) is 1. The molecule has 3 heterocycles. The second kappa shape index (κ2) is 9.24. The van der Waals surface area contributed by atoms with Crippen LogP contribution in [-0.4, -0.2) is 36.0 Å². The summed E-state index contributed by atoms with van der Waals surface area (Å²) >= 11 is 1.39. The summed E-state index contributed by atoms with van der Waals surface area (Å²) in [7, 11) is 1.65. The molecule has 168 valence electrons. The van der Waals surface area contributed by atoms with Gasteiger partial charge < -0.3 is 15.4 Å². The number of amides is 1. The molecule has 1 fully saturated rings. The number of nitrogen functional groups attached to an aromatic ring is 1. The van der Waals surface area contributed by atoms with E-state index < -0.39 is 0 Å². The van der Waals surface area contributed by atoms with Crippen molar-refractivity contribution in [2.24, 2.45) is 5.92 Å². The van der Waals surface area contributed by atoms with Crippen LogP contribution in [0.25, 0.3) is 21.5 Å². The number of fused-ring (bicyclic) bond motifs is 1. The Morgan fingerprint density at radius 2 is 1.79 bits per heavy atom. The van der Waals surface area contributed by atoms with Crippen LogP contribution in [0.4, 0.5) is 5.69 Å². The predicted molar refractivity (Wildman–Crippen MR) is 135 cm³/mol. The summed E-state index contributed by atoms with van der Waals surface area (Å²) in [5.41, 5.74) is 10.2. The zero-order valence-corrected chi connectivity index (χ0v) is 19.5. The van der Waals surface area contributed by atoms with Gasteiger partial charge in [-0.05, 0) is 67.1 Å². The Morgan fingerprint density at radius 1 is 1.06 bits per heavy atom. The van der Waals surface area contributed by atoms with Crippen LogP contribution in [0, 0.1) is 5.92 Å². The molecular weight excluding hydrogens is 430 g/mol. The summed E-state index contributed by atoms with van der Waals surface area (Å²) < 4.78 is 5.24. The van der Waals surface area contributed by atoms with Crippen LogP contribution < -0.4 is 10.5 Å². The SMILES string of the molecule is COc1ccc(-c2ccc3c(N)c(C(=O)N4CCC(Cc5ccccc5)CC4)sc3n2)cc1. The van der Waals surface area contributed by atoms with Crippen molar-refractivity contribution in [2.75, 3.05) is 25.9 Å². The van der Waals surface area contributed by atoms with Crippen molar-refractivity contribution in [2.45, 2.75) is 19.3 Å². The van der Waals surface area contributed by atoms with E-state index >= 15 is 0 Å². The Labute approximate surface area is 197 Å². The fourth-order valence-corrected chi connectivity index (χ4v) is 5.57. The number of pyridine rings is 1. The second-order valence-electron chi connectivity index (χ2n) is 8.55. The van der Waals surface area contributed by atoms with E-state index in [1.54, 1.807) is 7.11 Å². The van der Waals surface area contributed by atoms with E-state index in [9.17, 15) is 4.79 Å². The quantitative estimate of drug-likeness (QED) is 0.421.